The lowest BCUT2D eigenvalue weighted by molar-refractivity contribution is 0.0316. The molecule has 0 aliphatic heterocycles. The van der Waals surface area contributed by atoms with Crippen molar-refractivity contribution < 1.29 is 23.9 Å². The second-order valence-corrected chi connectivity index (χ2v) is 8.33. The monoisotopic (exact) mass is 440 g/mol. The molecule has 1 unspecified atom stereocenters. The number of nitrogens with zero attached hydrogens (tertiary/aromatic N) is 1. The fourth-order valence-electron chi connectivity index (χ4n) is 3.35. The number of thiazole rings is 1. The van der Waals surface area contributed by atoms with Gasteiger partial charge in [0.15, 0.2) is 11.9 Å². The van der Waals surface area contributed by atoms with E-state index in [4.69, 9.17) is 9.47 Å². The number of nitrogens with one attached hydrogen (secondary N) is 1. The van der Waals surface area contributed by atoms with Crippen molar-refractivity contribution in [3.05, 3.63) is 68.4 Å². The van der Waals surface area contributed by atoms with Gasteiger partial charge in [-0.3, -0.25) is 9.59 Å². The summed E-state index contributed by atoms with van der Waals surface area (Å²) in [7, 11) is 0. The zero-order valence-corrected chi connectivity index (χ0v) is 18.9. The first-order chi connectivity index (χ1) is 14.7. The van der Waals surface area contributed by atoms with Crippen LogP contribution in [0.25, 0.3) is 0 Å². The molecule has 3 rings (SSSR count). The SMILES string of the molecule is CC(=O)c1c(C)[nH]c(C(=O)C(C)OC(=O)c2cccc(OCc3csc(C)n3)c2)c1C. The first-order valence-corrected chi connectivity index (χ1v) is 10.6. The summed E-state index contributed by atoms with van der Waals surface area (Å²) in [6, 6.07) is 6.58. The molecule has 0 aliphatic carbocycles. The van der Waals surface area contributed by atoms with Gasteiger partial charge in [-0.05, 0) is 58.4 Å². The molecule has 162 valence electrons. The van der Waals surface area contributed by atoms with Gasteiger partial charge in [0.2, 0.25) is 5.78 Å². The minimum atomic E-state index is -1.02. The quantitative estimate of drug-likeness (QED) is 0.406. The van der Waals surface area contributed by atoms with Gasteiger partial charge in [0, 0.05) is 16.6 Å². The second kappa shape index (κ2) is 9.26. The summed E-state index contributed by atoms with van der Waals surface area (Å²) >= 11 is 1.54. The van der Waals surface area contributed by atoms with Gasteiger partial charge in [-0.15, -0.1) is 11.3 Å². The van der Waals surface area contributed by atoms with Crippen LogP contribution in [0.2, 0.25) is 0 Å². The van der Waals surface area contributed by atoms with Crippen molar-refractivity contribution in [3.63, 3.8) is 0 Å². The molecule has 0 aliphatic rings. The van der Waals surface area contributed by atoms with E-state index in [1.54, 1.807) is 49.4 Å². The number of H-pyrrole nitrogens is 1. The molecule has 0 fully saturated rings. The van der Waals surface area contributed by atoms with Gasteiger partial charge in [0.05, 0.1) is 22.0 Å². The summed E-state index contributed by atoms with van der Waals surface area (Å²) in [6.07, 6.45) is -1.02. The molecule has 31 heavy (non-hydrogen) atoms. The first-order valence-electron chi connectivity index (χ1n) is 9.76. The Hall–Kier alpha value is -3.26. The molecular weight excluding hydrogens is 416 g/mol. The molecule has 7 nitrogen and oxygen atoms in total. The Morgan fingerprint density at radius 3 is 2.55 bits per heavy atom. The van der Waals surface area contributed by atoms with E-state index in [-0.39, 0.29) is 17.0 Å². The highest BCUT2D eigenvalue weighted by Gasteiger charge is 2.26. The number of esters is 1. The van der Waals surface area contributed by atoms with Gasteiger partial charge < -0.3 is 14.5 Å². The third-order valence-corrected chi connectivity index (χ3v) is 5.63. The Balaban J connectivity index is 1.67. The predicted octanol–water partition coefficient (Wildman–Crippen LogP) is 4.61. The van der Waals surface area contributed by atoms with Crippen LogP contribution in [0.1, 0.15) is 67.0 Å². The number of aryl methyl sites for hydroxylation is 2. The number of ketones is 2. The minimum absolute atomic E-state index is 0.125. The molecule has 1 aromatic carbocycles. The molecule has 0 amide bonds. The number of aromatic amines is 1. The van der Waals surface area contributed by atoms with Crippen LogP contribution in [0, 0.1) is 20.8 Å². The lowest BCUT2D eigenvalue weighted by atomic mass is 10.0. The summed E-state index contributed by atoms with van der Waals surface area (Å²) in [5.41, 5.74) is 3.03. The number of hydrogen-bond acceptors (Lipinski definition) is 7. The normalized spacial score (nSPS) is 11.8. The van der Waals surface area contributed by atoms with E-state index in [0.717, 1.165) is 10.7 Å². The number of hydrogen-bond donors (Lipinski definition) is 1. The Morgan fingerprint density at radius 2 is 1.94 bits per heavy atom. The Morgan fingerprint density at radius 1 is 1.19 bits per heavy atom. The average Bonchev–Trinajstić information content (AvgIpc) is 3.27. The number of rotatable bonds is 8. The van der Waals surface area contributed by atoms with Crippen LogP contribution in [0.4, 0.5) is 0 Å². The molecule has 3 aromatic rings. The van der Waals surface area contributed by atoms with Crippen LogP contribution in [-0.2, 0) is 11.3 Å². The van der Waals surface area contributed by atoms with E-state index in [1.165, 1.54) is 13.8 Å². The number of aromatic nitrogens is 2. The molecule has 1 N–H and O–H groups in total. The van der Waals surface area contributed by atoms with Gasteiger partial charge in [-0.1, -0.05) is 6.07 Å². The third kappa shape index (κ3) is 5.08. The Bertz CT molecular complexity index is 1140. The standard InChI is InChI=1S/C23H24N2O5S/c1-12-20(14(3)26)13(2)24-21(12)22(27)15(4)30-23(28)17-7-6-8-19(9-17)29-10-18-11-31-16(5)25-18/h6-9,11,15,24H,10H2,1-5H3. The van der Waals surface area contributed by atoms with Crippen molar-refractivity contribution in [1.82, 2.24) is 9.97 Å². The molecule has 0 radical (unpaired) electrons. The van der Waals surface area contributed by atoms with Gasteiger partial charge in [-0.2, -0.15) is 0 Å². The maximum atomic E-state index is 12.8. The predicted molar refractivity (Wildman–Crippen MR) is 117 cm³/mol. The molecule has 0 saturated heterocycles. The highest BCUT2D eigenvalue weighted by Crippen LogP contribution is 2.22. The van der Waals surface area contributed by atoms with E-state index in [0.29, 0.717) is 29.2 Å². The van der Waals surface area contributed by atoms with E-state index in [9.17, 15) is 14.4 Å². The smallest absolute Gasteiger partial charge is 0.338 e. The molecule has 2 aromatic heterocycles. The van der Waals surface area contributed by atoms with Crippen LogP contribution in [0.15, 0.2) is 29.6 Å². The number of ether oxygens (including phenoxy) is 2. The number of benzene rings is 1. The maximum absolute atomic E-state index is 12.8. The average molecular weight is 441 g/mol. The number of carbonyl (C=O) groups is 3. The van der Waals surface area contributed by atoms with E-state index < -0.39 is 17.9 Å². The molecule has 0 spiro atoms. The lowest BCUT2D eigenvalue weighted by Crippen LogP contribution is -2.25. The van der Waals surface area contributed by atoms with Crippen molar-refractivity contribution in [2.75, 3.05) is 0 Å². The number of Topliss-reactive ketones (excluding diaryl/α,β-unsaturated/α-hetero) is 2. The van der Waals surface area contributed by atoms with Crippen molar-refractivity contribution >= 4 is 28.9 Å². The largest absolute Gasteiger partial charge is 0.487 e. The highest BCUT2D eigenvalue weighted by atomic mass is 32.1. The van der Waals surface area contributed by atoms with Gasteiger partial charge in [0.25, 0.3) is 0 Å². The second-order valence-electron chi connectivity index (χ2n) is 7.27. The van der Waals surface area contributed by atoms with Crippen molar-refractivity contribution in [3.8, 4) is 5.75 Å². The van der Waals surface area contributed by atoms with Gasteiger partial charge in [0.1, 0.15) is 12.4 Å². The fourth-order valence-corrected chi connectivity index (χ4v) is 3.95. The highest BCUT2D eigenvalue weighted by molar-refractivity contribution is 7.09. The molecule has 0 saturated carbocycles. The zero-order chi connectivity index (χ0) is 22.7. The van der Waals surface area contributed by atoms with Gasteiger partial charge in [-0.25, -0.2) is 9.78 Å². The first kappa shape index (κ1) is 22.4. The van der Waals surface area contributed by atoms with Crippen LogP contribution in [0.3, 0.4) is 0 Å². The maximum Gasteiger partial charge on any atom is 0.338 e. The Labute approximate surface area is 184 Å². The van der Waals surface area contributed by atoms with E-state index >= 15 is 0 Å². The molecule has 1 atom stereocenters. The van der Waals surface area contributed by atoms with E-state index in [2.05, 4.69) is 9.97 Å². The molecule has 8 heteroatoms. The summed E-state index contributed by atoms with van der Waals surface area (Å²) in [5, 5.41) is 2.88. The topological polar surface area (TPSA) is 98.3 Å². The summed E-state index contributed by atoms with van der Waals surface area (Å²) in [5.74, 6) is -0.656. The van der Waals surface area contributed by atoms with Crippen LogP contribution in [-0.4, -0.2) is 33.6 Å². The fraction of sp³-hybridized carbons (Fsp3) is 0.304. The van der Waals surface area contributed by atoms with Crippen molar-refractivity contribution in [2.24, 2.45) is 0 Å². The van der Waals surface area contributed by atoms with Gasteiger partial charge >= 0.3 is 5.97 Å². The van der Waals surface area contributed by atoms with Crippen molar-refractivity contribution in [1.29, 1.82) is 0 Å². The van der Waals surface area contributed by atoms with Crippen LogP contribution < -0.4 is 4.74 Å². The summed E-state index contributed by atoms with van der Waals surface area (Å²) in [4.78, 5) is 44.5. The van der Waals surface area contributed by atoms with Crippen molar-refractivity contribution in [2.45, 2.75) is 47.3 Å². The molecule has 2 heterocycles. The van der Waals surface area contributed by atoms with Crippen LogP contribution >= 0.6 is 11.3 Å². The number of carbonyl (C=O) groups excluding carboxylic acids is 3. The molecule has 0 bridgehead atoms. The summed E-state index contributed by atoms with van der Waals surface area (Å²) < 4.78 is 11.1. The minimum Gasteiger partial charge on any atom is -0.487 e. The Kier molecular flexibility index (Phi) is 6.70. The van der Waals surface area contributed by atoms with Crippen LogP contribution in [0.5, 0.6) is 5.75 Å². The summed E-state index contributed by atoms with van der Waals surface area (Å²) in [6.45, 7) is 8.61. The van der Waals surface area contributed by atoms with E-state index in [1.807, 2.05) is 12.3 Å². The zero-order valence-electron chi connectivity index (χ0n) is 18.1. The lowest BCUT2D eigenvalue weighted by Gasteiger charge is -2.13. The third-order valence-electron chi connectivity index (χ3n) is 4.81. The molecular formula is C23H24N2O5S.